The van der Waals surface area contributed by atoms with Gasteiger partial charge in [0.25, 0.3) is 5.91 Å². The lowest BCUT2D eigenvalue weighted by Gasteiger charge is -2.31. The number of carbonyl (C=O) groups is 2. The smallest absolute Gasteiger partial charge is 0.261 e. The average Bonchev–Trinajstić information content (AvgIpc) is 2.75. The molecule has 0 aliphatic heterocycles. The van der Waals surface area contributed by atoms with Crippen molar-refractivity contribution in [1.82, 2.24) is 10.2 Å². The van der Waals surface area contributed by atoms with Crippen LogP contribution in [0.2, 0.25) is 5.02 Å². The third kappa shape index (κ3) is 6.97. The van der Waals surface area contributed by atoms with Crippen molar-refractivity contribution in [2.75, 3.05) is 13.2 Å². The van der Waals surface area contributed by atoms with Crippen LogP contribution in [-0.4, -0.2) is 35.9 Å². The predicted octanol–water partition coefficient (Wildman–Crippen LogP) is 5.43. The molecule has 0 saturated carbocycles. The van der Waals surface area contributed by atoms with Crippen LogP contribution < -0.4 is 10.1 Å². The Kier molecular flexibility index (Phi) is 9.85. The van der Waals surface area contributed by atoms with Crippen molar-refractivity contribution in [1.29, 1.82) is 0 Å². The normalized spacial score (nSPS) is 11.7. The molecule has 0 aliphatic carbocycles. The zero-order chi connectivity index (χ0) is 23.0. The van der Waals surface area contributed by atoms with E-state index in [-0.39, 0.29) is 25.0 Å². The zero-order valence-corrected chi connectivity index (χ0v) is 20.8. The molecule has 0 bridgehead atoms. The molecule has 0 unspecified atom stereocenters. The number of benzene rings is 2. The van der Waals surface area contributed by atoms with Crippen LogP contribution >= 0.6 is 27.5 Å². The highest BCUT2D eigenvalue weighted by Crippen LogP contribution is 2.26. The fraction of sp³-hybridized carbons (Fsp3) is 0.417. The molecule has 1 atom stereocenters. The third-order valence-corrected chi connectivity index (χ3v) is 6.63. The molecule has 7 heteroatoms. The Morgan fingerprint density at radius 1 is 1.16 bits per heavy atom. The first-order valence-corrected chi connectivity index (χ1v) is 11.7. The maximum atomic E-state index is 13.2. The van der Waals surface area contributed by atoms with E-state index >= 15 is 0 Å². The van der Waals surface area contributed by atoms with Crippen LogP contribution in [-0.2, 0) is 16.1 Å². The van der Waals surface area contributed by atoms with E-state index in [1.807, 2.05) is 58.0 Å². The van der Waals surface area contributed by atoms with Crippen molar-refractivity contribution in [3.63, 3.8) is 0 Å². The van der Waals surface area contributed by atoms with Crippen molar-refractivity contribution < 1.29 is 14.3 Å². The zero-order valence-electron chi connectivity index (χ0n) is 18.5. The Bertz CT molecular complexity index is 896. The van der Waals surface area contributed by atoms with Gasteiger partial charge in [-0.1, -0.05) is 59.6 Å². The molecule has 31 heavy (non-hydrogen) atoms. The second kappa shape index (κ2) is 12.1. The van der Waals surface area contributed by atoms with Gasteiger partial charge in [0.15, 0.2) is 6.61 Å². The van der Waals surface area contributed by atoms with Crippen molar-refractivity contribution in [3.8, 4) is 5.75 Å². The third-order valence-electron chi connectivity index (χ3n) is 5.01. The van der Waals surface area contributed by atoms with Gasteiger partial charge in [-0.3, -0.25) is 9.59 Å². The molecule has 2 rings (SSSR count). The summed E-state index contributed by atoms with van der Waals surface area (Å²) in [5.41, 5.74) is 2.84. The number of hydrogen-bond donors (Lipinski definition) is 1. The summed E-state index contributed by atoms with van der Waals surface area (Å²) < 4.78 is 6.83. The lowest BCUT2D eigenvalue weighted by atomic mass is 10.1. The molecule has 0 fully saturated rings. The van der Waals surface area contributed by atoms with Crippen LogP contribution in [0, 0.1) is 13.8 Å². The minimum atomic E-state index is -0.604. The molecule has 0 aromatic heterocycles. The van der Waals surface area contributed by atoms with E-state index in [0.29, 0.717) is 23.7 Å². The highest BCUT2D eigenvalue weighted by Gasteiger charge is 2.29. The quantitative estimate of drug-likeness (QED) is 0.464. The molecule has 2 aromatic rings. The first-order chi connectivity index (χ1) is 14.8. The summed E-state index contributed by atoms with van der Waals surface area (Å²) in [6.45, 7) is 8.47. The van der Waals surface area contributed by atoms with Gasteiger partial charge in [0.1, 0.15) is 11.8 Å². The largest absolute Gasteiger partial charge is 0.484 e. The van der Waals surface area contributed by atoms with Crippen LogP contribution in [0.15, 0.2) is 40.9 Å². The number of hydrogen-bond acceptors (Lipinski definition) is 3. The van der Waals surface area contributed by atoms with E-state index in [9.17, 15) is 9.59 Å². The van der Waals surface area contributed by atoms with Crippen LogP contribution in [0.3, 0.4) is 0 Å². The van der Waals surface area contributed by atoms with Gasteiger partial charge in [-0.25, -0.2) is 0 Å². The summed E-state index contributed by atoms with van der Waals surface area (Å²) >= 11 is 9.87. The number of amides is 2. The van der Waals surface area contributed by atoms with Crippen LogP contribution in [0.1, 0.15) is 43.4 Å². The van der Waals surface area contributed by atoms with Crippen molar-refractivity contribution in [3.05, 3.63) is 62.6 Å². The molecule has 5 nitrogen and oxygen atoms in total. The lowest BCUT2D eigenvalue weighted by Crippen LogP contribution is -2.50. The van der Waals surface area contributed by atoms with Crippen molar-refractivity contribution in [2.24, 2.45) is 0 Å². The number of nitrogens with zero attached hydrogens (tertiary/aromatic N) is 1. The monoisotopic (exact) mass is 508 g/mol. The fourth-order valence-electron chi connectivity index (χ4n) is 3.31. The minimum absolute atomic E-state index is 0.164. The topological polar surface area (TPSA) is 58.6 Å². The maximum Gasteiger partial charge on any atom is 0.261 e. The number of nitrogens with one attached hydrogen (secondary N) is 1. The standard InChI is InChI=1S/C24H30BrClN2O3/c1-5-11-27-24(30)21(6-2)28(14-18-9-7-8-10-20(18)26)22(29)15-31-19-12-16(3)23(25)17(4)13-19/h7-10,12-13,21H,5-6,11,14-15H2,1-4H3,(H,27,30)/t21-/m1/s1. The SMILES string of the molecule is CCCNC(=O)[C@@H](CC)N(Cc1ccccc1Cl)C(=O)COc1cc(C)c(Br)c(C)c1. The van der Waals surface area contributed by atoms with Gasteiger partial charge in [0.05, 0.1) is 0 Å². The van der Waals surface area contributed by atoms with Crippen molar-refractivity contribution >= 4 is 39.3 Å². The molecule has 0 aliphatic rings. The van der Waals surface area contributed by atoms with Gasteiger partial charge >= 0.3 is 0 Å². The van der Waals surface area contributed by atoms with Gasteiger partial charge < -0.3 is 15.0 Å². The molecule has 1 N–H and O–H groups in total. The Morgan fingerprint density at radius 2 is 1.81 bits per heavy atom. The molecular formula is C24H30BrClN2O3. The molecule has 0 saturated heterocycles. The summed E-state index contributed by atoms with van der Waals surface area (Å²) in [6, 6.07) is 10.5. The molecule has 2 aromatic carbocycles. The maximum absolute atomic E-state index is 13.2. The Morgan fingerprint density at radius 3 is 2.39 bits per heavy atom. The first kappa shape index (κ1) is 25.2. The van der Waals surface area contributed by atoms with Crippen LogP contribution in [0.25, 0.3) is 0 Å². The molecule has 2 amide bonds. The Labute approximate surface area is 198 Å². The molecule has 0 heterocycles. The molecular weight excluding hydrogens is 480 g/mol. The fourth-order valence-corrected chi connectivity index (χ4v) is 3.74. The summed E-state index contributed by atoms with van der Waals surface area (Å²) in [5, 5.41) is 3.46. The Hall–Kier alpha value is -2.05. The highest BCUT2D eigenvalue weighted by molar-refractivity contribution is 9.10. The van der Waals surface area contributed by atoms with Gasteiger partial charge in [-0.2, -0.15) is 0 Å². The summed E-state index contributed by atoms with van der Waals surface area (Å²) in [4.78, 5) is 27.5. The van der Waals surface area contributed by atoms with E-state index in [0.717, 1.165) is 27.6 Å². The van der Waals surface area contributed by atoms with E-state index in [1.165, 1.54) is 0 Å². The first-order valence-electron chi connectivity index (χ1n) is 10.5. The highest BCUT2D eigenvalue weighted by atomic mass is 79.9. The number of ether oxygens (including phenoxy) is 1. The van der Waals surface area contributed by atoms with Crippen LogP contribution in [0.5, 0.6) is 5.75 Å². The lowest BCUT2D eigenvalue weighted by molar-refractivity contribution is -0.143. The van der Waals surface area contributed by atoms with E-state index in [4.69, 9.17) is 16.3 Å². The summed E-state index contributed by atoms with van der Waals surface area (Å²) in [7, 11) is 0. The molecule has 0 spiro atoms. The molecule has 0 radical (unpaired) electrons. The van der Waals surface area contributed by atoms with E-state index < -0.39 is 6.04 Å². The molecule has 168 valence electrons. The van der Waals surface area contributed by atoms with Crippen LogP contribution in [0.4, 0.5) is 0 Å². The van der Waals surface area contributed by atoms with Crippen molar-refractivity contribution in [2.45, 2.75) is 53.1 Å². The van der Waals surface area contributed by atoms with E-state index in [1.54, 1.807) is 11.0 Å². The van der Waals surface area contributed by atoms with Gasteiger partial charge in [-0.15, -0.1) is 0 Å². The number of rotatable bonds is 10. The average molecular weight is 510 g/mol. The number of carbonyl (C=O) groups excluding carboxylic acids is 2. The predicted molar refractivity (Wildman–Crippen MR) is 128 cm³/mol. The summed E-state index contributed by atoms with van der Waals surface area (Å²) in [5.74, 6) is 0.185. The van der Waals surface area contributed by atoms with Gasteiger partial charge in [0, 0.05) is 22.6 Å². The summed E-state index contributed by atoms with van der Waals surface area (Å²) in [6.07, 6.45) is 1.31. The van der Waals surface area contributed by atoms with Gasteiger partial charge in [-0.05, 0) is 61.6 Å². The number of aryl methyl sites for hydroxylation is 2. The second-order valence-electron chi connectivity index (χ2n) is 7.49. The minimum Gasteiger partial charge on any atom is -0.484 e. The van der Waals surface area contributed by atoms with Gasteiger partial charge in [0.2, 0.25) is 5.91 Å². The second-order valence-corrected chi connectivity index (χ2v) is 8.69. The van der Waals surface area contributed by atoms with E-state index in [2.05, 4.69) is 21.2 Å². The number of halogens is 2. The Balaban J connectivity index is 2.24.